The Labute approximate surface area is 191 Å². The van der Waals surface area contributed by atoms with Crippen molar-refractivity contribution in [3.63, 3.8) is 0 Å². The molecule has 2 aromatic heterocycles. The fourth-order valence-corrected chi connectivity index (χ4v) is 4.58. The Bertz CT molecular complexity index is 1340. The highest BCUT2D eigenvalue weighted by atomic mass is 31.2. The van der Waals surface area contributed by atoms with E-state index in [1.165, 1.54) is 36.0 Å². The van der Waals surface area contributed by atoms with E-state index < -0.39 is 44.3 Å². The predicted octanol–water partition coefficient (Wildman–Crippen LogP) is 0.742. The number of rotatable bonds is 9. The van der Waals surface area contributed by atoms with Gasteiger partial charge >= 0.3 is 13.7 Å². The third kappa shape index (κ3) is 4.94. The Hall–Kier alpha value is -3.71. The van der Waals surface area contributed by atoms with Crippen LogP contribution in [0, 0.1) is 0 Å². The van der Waals surface area contributed by atoms with Gasteiger partial charge in [0.15, 0.2) is 11.2 Å². The van der Waals surface area contributed by atoms with E-state index in [1.807, 2.05) is 0 Å². The molecule has 0 amide bonds. The van der Waals surface area contributed by atoms with E-state index >= 15 is 0 Å². The fourth-order valence-electron chi connectivity index (χ4n) is 3.12. The Morgan fingerprint density at radius 2 is 2.15 bits per heavy atom. The van der Waals surface area contributed by atoms with Gasteiger partial charge in [-0.3, -0.25) is 23.7 Å². The van der Waals surface area contributed by atoms with E-state index in [1.54, 1.807) is 18.2 Å². The number of aliphatic carboxylic acids is 1. The number of ether oxygens (including phenoxy) is 1. The van der Waals surface area contributed by atoms with Gasteiger partial charge in [0.25, 0.3) is 5.56 Å². The second kappa shape index (κ2) is 9.27. The number of aromatic amines is 1. The summed E-state index contributed by atoms with van der Waals surface area (Å²) in [6, 6.07) is 6.81. The first-order valence-corrected chi connectivity index (χ1v) is 11.5. The summed E-state index contributed by atoms with van der Waals surface area (Å²) in [6.45, 7) is 0.849. The maximum atomic E-state index is 13.3. The first kappa shape index (κ1) is 23.4. The first-order chi connectivity index (χ1) is 16.1. The smallest absolute Gasteiger partial charge is 0.459 e. The second-order valence-corrected chi connectivity index (χ2v) is 8.97. The van der Waals surface area contributed by atoms with Crippen LogP contribution in [0.15, 0.2) is 53.3 Å². The molecule has 15 heteroatoms. The number of carboxylic acid groups (broad SMARTS) is 1. The molecule has 1 aromatic carbocycles. The van der Waals surface area contributed by atoms with Gasteiger partial charge in [-0.25, -0.2) is 9.55 Å². The highest BCUT2D eigenvalue weighted by molar-refractivity contribution is 7.52. The number of benzene rings is 1. The molecule has 0 aliphatic carbocycles. The molecule has 180 valence electrons. The van der Waals surface area contributed by atoms with Crippen LogP contribution in [-0.2, 0) is 18.6 Å². The molecule has 0 saturated heterocycles. The zero-order valence-corrected chi connectivity index (χ0v) is 18.6. The third-order valence-electron chi connectivity index (χ3n) is 4.71. The molecule has 0 spiro atoms. The summed E-state index contributed by atoms with van der Waals surface area (Å²) in [6.07, 6.45) is 0.314. The molecule has 4 rings (SSSR count). The number of aromatic nitrogens is 4. The zero-order chi connectivity index (χ0) is 24.5. The maximum absolute atomic E-state index is 13.3. The number of nitrogen functional groups attached to an aromatic ring is 1. The summed E-state index contributed by atoms with van der Waals surface area (Å²) in [5, 5.41) is 22.0. The lowest BCUT2D eigenvalue weighted by molar-refractivity contribution is -0.138. The number of imidazole rings is 1. The Morgan fingerprint density at radius 3 is 2.85 bits per heavy atom. The Kier molecular flexibility index (Phi) is 6.39. The lowest BCUT2D eigenvalue weighted by Gasteiger charge is -2.22. The van der Waals surface area contributed by atoms with Crippen LogP contribution in [0.3, 0.4) is 0 Å². The molecule has 0 saturated carbocycles. The summed E-state index contributed by atoms with van der Waals surface area (Å²) in [5.41, 5.74) is 5.14. The van der Waals surface area contributed by atoms with Crippen molar-refractivity contribution in [3.05, 3.63) is 58.8 Å². The van der Waals surface area contributed by atoms with Crippen LogP contribution in [0.1, 0.15) is 13.2 Å². The molecule has 14 nitrogen and oxygen atoms in total. The molecular formula is C19H21N6O8P. The lowest BCUT2D eigenvalue weighted by Crippen LogP contribution is -2.33. The van der Waals surface area contributed by atoms with Gasteiger partial charge in [0.2, 0.25) is 12.2 Å². The average molecular weight is 492 g/mol. The normalized spacial score (nSPS) is 20.4. The number of anilines is 1. The number of nitrogens with one attached hydrogen (secondary N) is 2. The predicted molar refractivity (Wildman–Crippen MR) is 118 cm³/mol. The van der Waals surface area contributed by atoms with Gasteiger partial charge in [-0.2, -0.15) is 10.1 Å². The van der Waals surface area contributed by atoms with Crippen molar-refractivity contribution in [1.29, 1.82) is 0 Å². The van der Waals surface area contributed by atoms with Gasteiger partial charge in [0, 0.05) is 0 Å². The number of carboxylic acids is 1. The highest BCUT2D eigenvalue weighted by Gasteiger charge is 2.35. The number of para-hydroxylation sites is 1. The monoisotopic (exact) mass is 492 g/mol. The molecule has 4 atom stereocenters. The minimum atomic E-state index is -4.18. The first-order valence-electron chi connectivity index (χ1n) is 9.93. The molecule has 1 aliphatic heterocycles. The van der Waals surface area contributed by atoms with Crippen LogP contribution in [0.25, 0.3) is 11.2 Å². The number of H-pyrrole nitrogens is 1. The van der Waals surface area contributed by atoms with E-state index in [4.69, 9.17) is 19.5 Å². The number of aliphatic hydroxyl groups excluding tert-OH is 1. The largest absolute Gasteiger partial charge is 0.480 e. The minimum Gasteiger partial charge on any atom is -0.480 e. The van der Waals surface area contributed by atoms with Crippen molar-refractivity contribution < 1.29 is 33.4 Å². The van der Waals surface area contributed by atoms with Gasteiger partial charge in [0.1, 0.15) is 36.6 Å². The van der Waals surface area contributed by atoms with Crippen LogP contribution >= 0.6 is 7.75 Å². The van der Waals surface area contributed by atoms with Crippen LogP contribution in [0.4, 0.5) is 5.95 Å². The van der Waals surface area contributed by atoms with Crippen molar-refractivity contribution in [2.24, 2.45) is 0 Å². The number of carbonyl (C=O) groups is 1. The molecule has 0 bridgehead atoms. The van der Waals surface area contributed by atoms with Crippen molar-refractivity contribution >= 4 is 30.8 Å². The molecule has 0 radical (unpaired) electrons. The van der Waals surface area contributed by atoms with Gasteiger partial charge < -0.3 is 25.2 Å². The Balaban J connectivity index is 1.50. The number of aliphatic hydroxyl groups is 1. The molecular weight excluding hydrogens is 471 g/mol. The number of nitrogens with two attached hydrogens (primary N) is 1. The molecule has 3 heterocycles. The van der Waals surface area contributed by atoms with Crippen molar-refractivity contribution in [2.75, 3.05) is 12.3 Å². The SMILES string of the molecule is C[C@H](N[P@](=O)(OCC1=C[C@@H](O)[C@H](n2cnc3c(=O)[nH]c(N)nc32)O1)Oc1ccccc1)C(=O)O. The van der Waals surface area contributed by atoms with Crippen LogP contribution in [0.2, 0.25) is 0 Å². The van der Waals surface area contributed by atoms with Crippen molar-refractivity contribution in [3.8, 4) is 5.75 Å². The summed E-state index contributed by atoms with van der Waals surface area (Å²) in [7, 11) is -4.18. The lowest BCUT2D eigenvalue weighted by atomic mass is 10.3. The topological polar surface area (TPSA) is 204 Å². The standard InChI is InChI=1S/C19H21N6O8P/c1-10(18(28)29)24-34(30,33-11-5-3-2-4-6-11)31-8-12-7-13(26)17(32-12)25-9-21-14-15(25)22-19(20)23-16(14)27/h2-7,9-10,13,17,26H,8H2,1H3,(H,24,30)(H,28,29)(H3,20,22,23,27)/t10-,13+,17+,34-/m0/s1. The van der Waals surface area contributed by atoms with E-state index in [-0.39, 0.29) is 28.6 Å². The molecule has 0 unspecified atom stereocenters. The summed E-state index contributed by atoms with van der Waals surface area (Å²) < 4.78 is 31.1. The molecule has 6 N–H and O–H groups in total. The zero-order valence-electron chi connectivity index (χ0n) is 17.7. The molecule has 3 aromatic rings. The van der Waals surface area contributed by atoms with Crippen LogP contribution < -0.4 is 20.9 Å². The maximum Gasteiger partial charge on any atom is 0.459 e. The third-order valence-corrected chi connectivity index (χ3v) is 6.34. The quantitative estimate of drug-likeness (QED) is 0.262. The minimum absolute atomic E-state index is 0.00215. The number of fused-ring (bicyclic) bond motifs is 1. The summed E-state index contributed by atoms with van der Waals surface area (Å²) >= 11 is 0. The van der Waals surface area contributed by atoms with Crippen LogP contribution in [-0.4, -0.2) is 54.5 Å². The molecule has 34 heavy (non-hydrogen) atoms. The van der Waals surface area contributed by atoms with E-state index in [2.05, 4.69) is 20.0 Å². The van der Waals surface area contributed by atoms with Gasteiger partial charge in [-0.1, -0.05) is 18.2 Å². The highest BCUT2D eigenvalue weighted by Crippen LogP contribution is 2.45. The molecule has 1 aliphatic rings. The number of hydrogen-bond donors (Lipinski definition) is 5. The fraction of sp³-hybridized carbons (Fsp3) is 0.263. The average Bonchev–Trinajstić information content (AvgIpc) is 3.36. The second-order valence-electron chi connectivity index (χ2n) is 7.27. The van der Waals surface area contributed by atoms with E-state index in [0.29, 0.717) is 0 Å². The molecule has 0 fully saturated rings. The van der Waals surface area contributed by atoms with E-state index in [0.717, 1.165) is 0 Å². The number of hydrogen-bond acceptors (Lipinski definition) is 10. The van der Waals surface area contributed by atoms with Gasteiger partial charge in [-0.05, 0) is 25.1 Å². The summed E-state index contributed by atoms with van der Waals surface area (Å²) in [4.78, 5) is 33.6. The summed E-state index contributed by atoms with van der Waals surface area (Å²) in [5.74, 6) is -1.13. The number of nitrogens with zero attached hydrogens (tertiary/aromatic N) is 3. The van der Waals surface area contributed by atoms with Crippen LogP contribution in [0.5, 0.6) is 5.75 Å². The van der Waals surface area contributed by atoms with Gasteiger partial charge in [-0.15, -0.1) is 0 Å². The van der Waals surface area contributed by atoms with Crippen molar-refractivity contribution in [2.45, 2.75) is 25.3 Å². The van der Waals surface area contributed by atoms with E-state index in [9.17, 15) is 24.4 Å². The van der Waals surface area contributed by atoms with Crippen molar-refractivity contribution in [1.82, 2.24) is 24.6 Å². The van der Waals surface area contributed by atoms with Gasteiger partial charge in [0.05, 0.1) is 0 Å². The Morgan fingerprint density at radius 1 is 1.41 bits per heavy atom.